The molecule has 0 aliphatic rings. The molecular formula is C22H23N3O3. The van der Waals surface area contributed by atoms with Crippen LogP contribution in [-0.2, 0) is 0 Å². The summed E-state index contributed by atoms with van der Waals surface area (Å²) >= 11 is 0. The number of methoxy groups -OCH3 is 2. The van der Waals surface area contributed by atoms with Gasteiger partial charge in [0.05, 0.1) is 26.1 Å². The van der Waals surface area contributed by atoms with Crippen LogP contribution >= 0.6 is 0 Å². The molecule has 0 fully saturated rings. The van der Waals surface area contributed by atoms with Crippen molar-refractivity contribution in [2.45, 2.75) is 13.8 Å². The summed E-state index contributed by atoms with van der Waals surface area (Å²) in [6.07, 6.45) is 1.61. The van der Waals surface area contributed by atoms with Crippen LogP contribution in [0.1, 0.15) is 21.5 Å². The summed E-state index contributed by atoms with van der Waals surface area (Å²) in [5.41, 5.74) is 4.37. The Bertz CT molecular complexity index is 942. The highest BCUT2D eigenvalue weighted by Crippen LogP contribution is 2.24. The van der Waals surface area contributed by atoms with Crippen molar-refractivity contribution >= 4 is 23.1 Å². The van der Waals surface area contributed by atoms with Gasteiger partial charge in [0.15, 0.2) is 0 Å². The molecule has 28 heavy (non-hydrogen) atoms. The van der Waals surface area contributed by atoms with Gasteiger partial charge in [-0.2, -0.15) is 0 Å². The van der Waals surface area contributed by atoms with Gasteiger partial charge in [0.1, 0.15) is 17.3 Å². The summed E-state index contributed by atoms with van der Waals surface area (Å²) in [4.78, 5) is 16.9. The highest BCUT2D eigenvalue weighted by atomic mass is 16.5. The van der Waals surface area contributed by atoms with Gasteiger partial charge in [-0.3, -0.25) is 4.79 Å². The molecule has 1 heterocycles. The number of anilines is 3. The number of ether oxygens (including phenoxy) is 2. The Morgan fingerprint density at radius 3 is 2.04 bits per heavy atom. The number of aromatic nitrogens is 1. The zero-order valence-corrected chi connectivity index (χ0v) is 16.4. The van der Waals surface area contributed by atoms with E-state index < -0.39 is 0 Å². The van der Waals surface area contributed by atoms with Crippen molar-refractivity contribution in [3.05, 3.63) is 71.4 Å². The molecule has 6 heteroatoms. The van der Waals surface area contributed by atoms with Crippen LogP contribution in [0.2, 0.25) is 0 Å². The molecule has 6 nitrogen and oxygen atoms in total. The summed E-state index contributed by atoms with van der Waals surface area (Å²) in [7, 11) is 3.09. The third kappa shape index (κ3) is 4.79. The maximum atomic E-state index is 12.5. The van der Waals surface area contributed by atoms with Crippen molar-refractivity contribution in [1.82, 2.24) is 4.98 Å². The average Bonchev–Trinajstić information content (AvgIpc) is 2.68. The lowest BCUT2D eigenvalue weighted by atomic mass is 10.1. The summed E-state index contributed by atoms with van der Waals surface area (Å²) < 4.78 is 10.4. The normalized spacial score (nSPS) is 10.3. The molecule has 144 valence electrons. The largest absolute Gasteiger partial charge is 0.497 e. The fourth-order valence-corrected chi connectivity index (χ4v) is 2.88. The van der Waals surface area contributed by atoms with Crippen LogP contribution in [0.15, 0.2) is 54.7 Å². The fourth-order valence-electron chi connectivity index (χ4n) is 2.88. The molecule has 1 amide bonds. The highest BCUT2D eigenvalue weighted by molar-refractivity contribution is 6.04. The molecule has 2 N–H and O–H groups in total. The Kier molecular flexibility index (Phi) is 5.79. The number of amides is 1. The van der Waals surface area contributed by atoms with Gasteiger partial charge in [0.25, 0.3) is 5.91 Å². The first-order valence-corrected chi connectivity index (χ1v) is 8.82. The minimum absolute atomic E-state index is 0.269. The smallest absolute Gasteiger partial charge is 0.255 e. The Morgan fingerprint density at radius 2 is 1.50 bits per heavy atom. The fraction of sp³-hybridized carbons (Fsp3) is 0.182. The van der Waals surface area contributed by atoms with Crippen molar-refractivity contribution in [3.63, 3.8) is 0 Å². The van der Waals surface area contributed by atoms with Gasteiger partial charge < -0.3 is 20.1 Å². The molecule has 0 bridgehead atoms. The summed E-state index contributed by atoms with van der Waals surface area (Å²) in [5.74, 6) is 1.53. The lowest BCUT2D eigenvalue weighted by molar-refractivity contribution is 0.102. The van der Waals surface area contributed by atoms with Gasteiger partial charge in [-0.05, 0) is 61.4 Å². The van der Waals surface area contributed by atoms with Crippen LogP contribution in [0, 0.1) is 13.8 Å². The molecule has 0 aliphatic carbocycles. The van der Waals surface area contributed by atoms with Crippen molar-refractivity contribution in [3.8, 4) is 11.5 Å². The number of rotatable bonds is 6. The summed E-state index contributed by atoms with van der Waals surface area (Å²) in [5, 5.41) is 6.10. The topological polar surface area (TPSA) is 72.5 Å². The molecular weight excluding hydrogens is 354 g/mol. The van der Waals surface area contributed by atoms with E-state index in [0.717, 1.165) is 5.69 Å². The molecule has 0 unspecified atom stereocenters. The van der Waals surface area contributed by atoms with Gasteiger partial charge in [0, 0.05) is 17.3 Å². The number of hydrogen-bond donors (Lipinski definition) is 2. The molecule has 3 aromatic rings. The van der Waals surface area contributed by atoms with Gasteiger partial charge in [0.2, 0.25) is 0 Å². The van der Waals surface area contributed by atoms with E-state index in [1.807, 2.05) is 6.07 Å². The molecule has 1 aromatic heterocycles. The third-order valence-corrected chi connectivity index (χ3v) is 4.13. The van der Waals surface area contributed by atoms with Crippen LogP contribution in [0.25, 0.3) is 0 Å². The summed E-state index contributed by atoms with van der Waals surface area (Å²) in [6, 6.07) is 14.9. The minimum atomic E-state index is -0.269. The quantitative estimate of drug-likeness (QED) is 0.651. The number of carbonyl (C=O) groups excluding carboxylic acids is 1. The first kappa shape index (κ1) is 19.2. The van der Waals surface area contributed by atoms with Crippen molar-refractivity contribution in [1.29, 1.82) is 0 Å². The van der Waals surface area contributed by atoms with Crippen LogP contribution < -0.4 is 20.1 Å². The second-order valence-electron chi connectivity index (χ2n) is 6.49. The Morgan fingerprint density at radius 1 is 0.857 bits per heavy atom. The molecule has 0 radical (unpaired) electrons. The van der Waals surface area contributed by atoms with Gasteiger partial charge in [-0.15, -0.1) is 0 Å². The number of nitrogens with zero attached hydrogens (tertiary/aromatic N) is 1. The van der Waals surface area contributed by atoms with Crippen molar-refractivity contribution in [2.24, 2.45) is 0 Å². The number of carbonyl (C=O) groups is 1. The van der Waals surface area contributed by atoms with E-state index in [9.17, 15) is 4.79 Å². The van der Waals surface area contributed by atoms with Crippen LogP contribution in [0.5, 0.6) is 11.5 Å². The number of aryl methyl sites for hydroxylation is 2. The molecule has 2 aromatic carbocycles. The van der Waals surface area contributed by atoms with E-state index in [2.05, 4.69) is 47.7 Å². The monoisotopic (exact) mass is 377 g/mol. The lowest BCUT2D eigenvalue weighted by Crippen LogP contribution is -2.12. The van der Waals surface area contributed by atoms with E-state index in [4.69, 9.17) is 9.47 Å². The van der Waals surface area contributed by atoms with E-state index in [-0.39, 0.29) is 5.91 Å². The Balaban J connectivity index is 1.71. The van der Waals surface area contributed by atoms with Crippen LogP contribution in [0.3, 0.4) is 0 Å². The highest BCUT2D eigenvalue weighted by Gasteiger charge is 2.10. The Hall–Kier alpha value is -3.54. The maximum Gasteiger partial charge on any atom is 0.255 e. The SMILES string of the molecule is COc1cc(OC)cc(C(=O)Nc2ccc(Nc3cc(C)cc(C)c3)nc2)c1. The predicted octanol–water partition coefficient (Wildman–Crippen LogP) is 4.71. The minimum Gasteiger partial charge on any atom is -0.497 e. The molecule has 0 atom stereocenters. The molecule has 3 rings (SSSR count). The van der Waals surface area contributed by atoms with E-state index in [0.29, 0.717) is 28.6 Å². The van der Waals surface area contributed by atoms with E-state index in [1.54, 1.807) is 44.7 Å². The molecule has 0 saturated heterocycles. The van der Waals surface area contributed by atoms with Crippen LogP contribution in [-0.4, -0.2) is 25.1 Å². The van der Waals surface area contributed by atoms with E-state index in [1.165, 1.54) is 11.1 Å². The van der Waals surface area contributed by atoms with Gasteiger partial charge in [-0.1, -0.05) is 6.07 Å². The number of nitrogens with one attached hydrogen (secondary N) is 2. The number of benzene rings is 2. The van der Waals surface area contributed by atoms with Gasteiger partial charge in [-0.25, -0.2) is 4.98 Å². The molecule has 0 spiro atoms. The maximum absolute atomic E-state index is 12.5. The zero-order chi connectivity index (χ0) is 20.1. The van der Waals surface area contributed by atoms with Crippen LogP contribution in [0.4, 0.5) is 17.2 Å². The first-order valence-electron chi connectivity index (χ1n) is 8.82. The predicted molar refractivity (Wildman–Crippen MR) is 111 cm³/mol. The lowest BCUT2D eigenvalue weighted by Gasteiger charge is -2.10. The molecule has 0 saturated carbocycles. The molecule has 0 aliphatic heterocycles. The Labute approximate surface area is 164 Å². The summed E-state index contributed by atoms with van der Waals surface area (Å²) in [6.45, 7) is 4.11. The zero-order valence-electron chi connectivity index (χ0n) is 16.4. The first-order chi connectivity index (χ1) is 13.5. The number of pyridine rings is 1. The van der Waals surface area contributed by atoms with Crippen molar-refractivity contribution in [2.75, 3.05) is 24.9 Å². The van der Waals surface area contributed by atoms with E-state index >= 15 is 0 Å². The standard InChI is InChI=1S/C22H23N3O3/c1-14-7-15(2)9-18(8-14)24-21-6-5-17(13-23-21)25-22(26)16-10-19(27-3)12-20(11-16)28-4/h5-13H,1-4H3,(H,23,24)(H,25,26). The van der Waals surface area contributed by atoms with Crippen molar-refractivity contribution < 1.29 is 14.3 Å². The second-order valence-corrected chi connectivity index (χ2v) is 6.49. The average molecular weight is 377 g/mol. The third-order valence-electron chi connectivity index (χ3n) is 4.13. The number of hydrogen-bond acceptors (Lipinski definition) is 5. The van der Waals surface area contributed by atoms with Gasteiger partial charge >= 0.3 is 0 Å². The second kappa shape index (κ2) is 8.43.